The van der Waals surface area contributed by atoms with Crippen molar-refractivity contribution in [1.82, 2.24) is 0 Å². The van der Waals surface area contributed by atoms with Crippen LogP contribution in [0, 0.1) is 0 Å². The van der Waals surface area contributed by atoms with E-state index < -0.39 is 8.80 Å². The molecule has 1 unspecified atom stereocenters. The number of hydrogen-bond donors (Lipinski definition) is 1. The van der Waals surface area contributed by atoms with Gasteiger partial charge in [-0.05, 0) is 40.2 Å². The SMILES string of the molecule is CCCC(CCN)[Si](OCC)(OCC)OCC. The fourth-order valence-electron chi connectivity index (χ4n) is 2.13. The highest BCUT2D eigenvalue weighted by Crippen LogP contribution is 2.33. The Morgan fingerprint density at radius 1 is 0.882 bits per heavy atom. The monoisotopic (exact) mass is 263 g/mol. The lowest BCUT2D eigenvalue weighted by Crippen LogP contribution is -2.51. The molecule has 0 aromatic carbocycles. The molecule has 0 heterocycles. The summed E-state index contributed by atoms with van der Waals surface area (Å²) >= 11 is 0. The van der Waals surface area contributed by atoms with Crippen LogP contribution in [0.5, 0.6) is 0 Å². The van der Waals surface area contributed by atoms with Crippen molar-refractivity contribution in [2.75, 3.05) is 26.4 Å². The third-order valence-corrected chi connectivity index (χ3v) is 6.34. The van der Waals surface area contributed by atoms with E-state index in [0.29, 0.717) is 31.9 Å². The first-order valence-electron chi connectivity index (χ1n) is 6.82. The highest BCUT2D eigenvalue weighted by atomic mass is 28.4. The predicted molar refractivity (Wildman–Crippen MR) is 73.0 cm³/mol. The smallest absolute Gasteiger partial charge is 0.374 e. The quantitative estimate of drug-likeness (QED) is 0.582. The highest BCUT2D eigenvalue weighted by Gasteiger charge is 2.47. The van der Waals surface area contributed by atoms with E-state index in [1.165, 1.54) is 0 Å². The van der Waals surface area contributed by atoms with Crippen molar-refractivity contribution in [3.05, 3.63) is 0 Å². The molecule has 0 fully saturated rings. The second-order valence-corrected chi connectivity index (χ2v) is 6.86. The van der Waals surface area contributed by atoms with E-state index in [4.69, 9.17) is 19.0 Å². The molecular weight excluding hydrogens is 234 g/mol. The van der Waals surface area contributed by atoms with Gasteiger partial charge in [0.2, 0.25) is 0 Å². The Hall–Kier alpha value is 0.0569. The molecule has 0 saturated heterocycles. The van der Waals surface area contributed by atoms with Gasteiger partial charge < -0.3 is 19.0 Å². The van der Waals surface area contributed by atoms with E-state index in [2.05, 4.69) is 6.92 Å². The van der Waals surface area contributed by atoms with E-state index in [1.807, 2.05) is 20.8 Å². The third kappa shape index (κ3) is 5.48. The topological polar surface area (TPSA) is 53.7 Å². The molecule has 4 nitrogen and oxygen atoms in total. The van der Waals surface area contributed by atoms with Crippen molar-refractivity contribution in [2.24, 2.45) is 5.73 Å². The molecule has 0 bridgehead atoms. The fourth-order valence-corrected chi connectivity index (χ4v) is 5.46. The predicted octanol–water partition coefficient (Wildman–Crippen LogP) is 2.55. The molecule has 0 rings (SSSR count). The first-order chi connectivity index (χ1) is 8.20. The van der Waals surface area contributed by atoms with Crippen LogP contribution in [0.4, 0.5) is 0 Å². The molecule has 0 aromatic heterocycles. The van der Waals surface area contributed by atoms with E-state index in [1.54, 1.807) is 0 Å². The summed E-state index contributed by atoms with van der Waals surface area (Å²) in [5.41, 5.74) is 6.03. The minimum Gasteiger partial charge on any atom is -0.374 e. The van der Waals surface area contributed by atoms with Crippen LogP contribution < -0.4 is 5.73 Å². The number of hydrogen-bond acceptors (Lipinski definition) is 4. The van der Waals surface area contributed by atoms with Crippen molar-refractivity contribution < 1.29 is 13.3 Å². The normalized spacial score (nSPS) is 13.9. The Morgan fingerprint density at radius 3 is 1.65 bits per heavy atom. The average Bonchev–Trinajstić information content (AvgIpc) is 2.29. The minimum absolute atomic E-state index is 0.331. The molecule has 0 aliphatic carbocycles. The Labute approximate surface area is 107 Å². The Balaban J connectivity index is 4.87. The zero-order chi connectivity index (χ0) is 13.1. The Morgan fingerprint density at radius 2 is 1.35 bits per heavy atom. The van der Waals surface area contributed by atoms with Gasteiger partial charge in [0.15, 0.2) is 0 Å². The summed E-state index contributed by atoms with van der Waals surface area (Å²) in [6.45, 7) is 10.7. The Bertz CT molecular complexity index is 158. The van der Waals surface area contributed by atoms with E-state index in [-0.39, 0.29) is 0 Å². The molecular formula is C12H29NO3Si. The van der Waals surface area contributed by atoms with E-state index >= 15 is 0 Å². The standard InChI is InChI=1S/C12H29NO3Si/c1-5-9-12(10-11-13)17(14-6-2,15-7-3)16-8-4/h12H,5-11,13H2,1-4H3. The minimum atomic E-state index is -2.55. The summed E-state index contributed by atoms with van der Waals surface area (Å²) in [5, 5.41) is 0. The summed E-state index contributed by atoms with van der Waals surface area (Å²) in [4.78, 5) is 0. The molecule has 0 radical (unpaired) electrons. The Kier molecular flexibility index (Phi) is 10.1. The van der Waals surface area contributed by atoms with Crippen LogP contribution in [0.25, 0.3) is 0 Å². The van der Waals surface area contributed by atoms with Crippen LogP contribution in [0.2, 0.25) is 5.54 Å². The van der Waals surface area contributed by atoms with Gasteiger partial charge in [-0.3, -0.25) is 0 Å². The zero-order valence-electron chi connectivity index (χ0n) is 11.8. The van der Waals surface area contributed by atoms with Crippen molar-refractivity contribution in [1.29, 1.82) is 0 Å². The summed E-state index contributed by atoms with van der Waals surface area (Å²) in [5.74, 6) is 0. The molecule has 17 heavy (non-hydrogen) atoms. The molecule has 0 saturated carbocycles. The van der Waals surface area contributed by atoms with Gasteiger partial charge in [0.05, 0.1) is 0 Å². The molecule has 0 aromatic rings. The molecule has 0 aliphatic heterocycles. The highest BCUT2D eigenvalue weighted by molar-refractivity contribution is 6.62. The van der Waals surface area contributed by atoms with Crippen molar-refractivity contribution in [2.45, 2.75) is 52.5 Å². The maximum atomic E-state index is 5.92. The number of nitrogens with two attached hydrogens (primary N) is 1. The average molecular weight is 263 g/mol. The molecule has 2 N–H and O–H groups in total. The second kappa shape index (κ2) is 10.0. The zero-order valence-corrected chi connectivity index (χ0v) is 12.8. The molecule has 0 aliphatic rings. The van der Waals surface area contributed by atoms with Crippen LogP contribution in [-0.4, -0.2) is 35.2 Å². The fraction of sp³-hybridized carbons (Fsp3) is 1.00. The van der Waals surface area contributed by atoms with Gasteiger partial charge in [-0.2, -0.15) is 0 Å². The van der Waals surface area contributed by atoms with Crippen LogP contribution in [0.3, 0.4) is 0 Å². The molecule has 1 atom stereocenters. The van der Waals surface area contributed by atoms with Crippen molar-refractivity contribution in [3.63, 3.8) is 0 Å². The summed E-state index contributed by atoms with van der Waals surface area (Å²) in [6, 6.07) is 0. The maximum absolute atomic E-state index is 5.92. The molecule has 0 spiro atoms. The van der Waals surface area contributed by atoms with Crippen molar-refractivity contribution >= 4 is 8.80 Å². The summed E-state index contributed by atoms with van der Waals surface area (Å²) in [7, 11) is -2.55. The molecule has 5 heteroatoms. The molecule has 0 amide bonds. The maximum Gasteiger partial charge on any atom is 0.504 e. The van der Waals surface area contributed by atoms with Gasteiger partial charge in [0, 0.05) is 25.4 Å². The number of rotatable bonds is 11. The molecule has 104 valence electrons. The van der Waals surface area contributed by atoms with Crippen LogP contribution in [0.15, 0.2) is 0 Å². The lowest BCUT2D eigenvalue weighted by molar-refractivity contribution is 0.0587. The second-order valence-electron chi connectivity index (χ2n) is 3.97. The lowest BCUT2D eigenvalue weighted by Gasteiger charge is -2.35. The van der Waals surface area contributed by atoms with Gasteiger partial charge in [0.1, 0.15) is 0 Å². The first kappa shape index (κ1) is 17.1. The van der Waals surface area contributed by atoms with E-state index in [0.717, 1.165) is 19.3 Å². The third-order valence-electron chi connectivity index (χ3n) is 2.69. The van der Waals surface area contributed by atoms with Crippen LogP contribution >= 0.6 is 0 Å². The van der Waals surface area contributed by atoms with Crippen LogP contribution in [-0.2, 0) is 13.3 Å². The summed E-state index contributed by atoms with van der Waals surface area (Å²) < 4.78 is 17.7. The van der Waals surface area contributed by atoms with Gasteiger partial charge in [-0.1, -0.05) is 13.3 Å². The van der Waals surface area contributed by atoms with Gasteiger partial charge in [-0.15, -0.1) is 0 Å². The summed E-state index contributed by atoms with van der Waals surface area (Å²) in [6.07, 6.45) is 3.08. The van der Waals surface area contributed by atoms with Crippen LogP contribution in [0.1, 0.15) is 47.0 Å². The largest absolute Gasteiger partial charge is 0.504 e. The van der Waals surface area contributed by atoms with Crippen molar-refractivity contribution in [3.8, 4) is 0 Å². The van der Waals surface area contributed by atoms with E-state index in [9.17, 15) is 0 Å². The first-order valence-corrected chi connectivity index (χ1v) is 8.62. The van der Waals surface area contributed by atoms with Gasteiger partial charge >= 0.3 is 8.80 Å². The van der Waals surface area contributed by atoms with Gasteiger partial charge in [-0.25, -0.2) is 0 Å². The lowest BCUT2D eigenvalue weighted by atomic mass is 10.2. The van der Waals surface area contributed by atoms with Gasteiger partial charge in [0.25, 0.3) is 0 Å².